The number of carbonyl (C=O) groups is 2. The predicted octanol–water partition coefficient (Wildman–Crippen LogP) is 0.565. The summed E-state index contributed by atoms with van der Waals surface area (Å²) in [4.78, 5) is 22.3. The average Bonchev–Trinajstić information content (AvgIpc) is 2.32. The van der Waals surface area contributed by atoms with Gasteiger partial charge < -0.3 is 10.6 Å². The maximum absolute atomic E-state index is 11.5. The van der Waals surface area contributed by atoms with Crippen molar-refractivity contribution in [3.8, 4) is 0 Å². The van der Waals surface area contributed by atoms with Crippen molar-refractivity contribution in [2.24, 2.45) is 0 Å². The van der Waals surface area contributed by atoms with E-state index in [4.69, 9.17) is 0 Å². The molecule has 0 radical (unpaired) electrons. The summed E-state index contributed by atoms with van der Waals surface area (Å²) in [5.41, 5.74) is 0.747. The molecule has 0 heterocycles. The van der Waals surface area contributed by atoms with Crippen LogP contribution < -0.4 is 16.0 Å². The highest BCUT2D eigenvalue weighted by atomic mass is 127. The van der Waals surface area contributed by atoms with Crippen LogP contribution in [-0.2, 0) is 9.59 Å². The molecule has 3 N–H and O–H groups in total. The van der Waals surface area contributed by atoms with E-state index in [1.165, 1.54) is 0 Å². The highest BCUT2D eigenvalue weighted by molar-refractivity contribution is 14.1. The number of likely N-dealkylation sites (N-methyl/N-ethyl adjacent to an activating group) is 1. The summed E-state index contributed by atoms with van der Waals surface area (Å²) in [7, 11) is 1.55. The first-order valence-corrected chi connectivity index (χ1v) is 6.16. The zero-order valence-corrected chi connectivity index (χ0v) is 11.6. The van der Waals surface area contributed by atoms with Gasteiger partial charge in [-0.05, 0) is 46.9 Å². The summed E-state index contributed by atoms with van der Waals surface area (Å²) < 4.78 is 1.11. The summed E-state index contributed by atoms with van der Waals surface area (Å²) >= 11 is 2.19. The van der Waals surface area contributed by atoms with E-state index >= 15 is 0 Å². The maximum atomic E-state index is 11.5. The standard InChI is InChI=1S/C11H14IN3O2/c1-13-10(16)6-14-7-11(17)15-9-4-2-8(12)3-5-9/h2-5,14H,6-7H2,1H3,(H,13,16)(H,15,17). The third-order valence-corrected chi connectivity index (χ3v) is 2.70. The molecule has 0 atom stereocenters. The lowest BCUT2D eigenvalue weighted by Crippen LogP contribution is -2.36. The molecule has 0 saturated carbocycles. The van der Waals surface area contributed by atoms with Crippen LogP contribution in [-0.4, -0.2) is 32.0 Å². The SMILES string of the molecule is CNC(=O)CNCC(=O)Nc1ccc(I)cc1. The van der Waals surface area contributed by atoms with Gasteiger partial charge in [-0.3, -0.25) is 14.9 Å². The second kappa shape index (κ2) is 7.23. The van der Waals surface area contributed by atoms with Crippen molar-refractivity contribution < 1.29 is 9.59 Å². The fourth-order valence-corrected chi connectivity index (χ4v) is 1.48. The molecule has 2 amide bonds. The molecular weight excluding hydrogens is 333 g/mol. The van der Waals surface area contributed by atoms with Gasteiger partial charge in [-0.2, -0.15) is 0 Å². The Kier molecular flexibility index (Phi) is 5.92. The normalized spacial score (nSPS) is 9.76. The summed E-state index contributed by atoms with van der Waals surface area (Å²) in [6.07, 6.45) is 0. The zero-order chi connectivity index (χ0) is 12.7. The first-order valence-electron chi connectivity index (χ1n) is 5.08. The second-order valence-electron chi connectivity index (χ2n) is 3.33. The Hall–Kier alpha value is -1.15. The molecule has 0 aliphatic carbocycles. The van der Waals surface area contributed by atoms with Crippen LogP contribution in [0.1, 0.15) is 0 Å². The minimum absolute atomic E-state index is 0.111. The van der Waals surface area contributed by atoms with Crippen LogP contribution in [0.5, 0.6) is 0 Å². The van der Waals surface area contributed by atoms with E-state index in [2.05, 4.69) is 38.5 Å². The van der Waals surface area contributed by atoms with Crippen LogP contribution in [0.4, 0.5) is 5.69 Å². The predicted molar refractivity (Wildman–Crippen MR) is 74.7 cm³/mol. The number of rotatable bonds is 5. The van der Waals surface area contributed by atoms with E-state index in [0.717, 1.165) is 9.26 Å². The van der Waals surface area contributed by atoms with Gasteiger partial charge in [0.2, 0.25) is 11.8 Å². The Bertz CT molecular complexity index is 392. The molecule has 5 nitrogen and oxygen atoms in total. The van der Waals surface area contributed by atoms with Crippen molar-refractivity contribution in [2.75, 3.05) is 25.5 Å². The van der Waals surface area contributed by atoms with Crippen molar-refractivity contribution in [1.29, 1.82) is 0 Å². The van der Waals surface area contributed by atoms with Crippen molar-refractivity contribution in [2.45, 2.75) is 0 Å². The van der Waals surface area contributed by atoms with Gasteiger partial charge in [0, 0.05) is 16.3 Å². The second-order valence-corrected chi connectivity index (χ2v) is 4.58. The lowest BCUT2D eigenvalue weighted by molar-refractivity contribution is -0.119. The highest BCUT2D eigenvalue weighted by Crippen LogP contribution is 2.10. The summed E-state index contributed by atoms with van der Waals surface area (Å²) in [6, 6.07) is 7.49. The molecule has 0 bridgehead atoms. The first-order chi connectivity index (χ1) is 8.11. The number of hydrogen-bond donors (Lipinski definition) is 3. The minimum Gasteiger partial charge on any atom is -0.358 e. The molecule has 0 saturated heterocycles. The molecule has 0 unspecified atom stereocenters. The van der Waals surface area contributed by atoms with Crippen LogP contribution in [0.25, 0.3) is 0 Å². The number of nitrogens with one attached hydrogen (secondary N) is 3. The maximum Gasteiger partial charge on any atom is 0.238 e. The molecule has 0 spiro atoms. The third kappa shape index (κ3) is 5.64. The Morgan fingerprint density at radius 2 is 1.71 bits per heavy atom. The van der Waals surface area contributed by atoms with Gasteiger partial charge in [-0.25, -0.2) is 0 Å². The van der Waals surface area contributed by atoms with Gasteiger partial charge >= 0.3 is 0 Å². The molecule has 1 rings (SSSR count). The Morgan fingerprint density at radius 3 is 2.29 bits per heavy atom. The van der Waals surface area contributed by atoms with E-state index in [1.54, 1.807) is 7.05 Å². The third-order valence-electron chi connectivity index (χ3n) is 1.98. The number of amides is 2. The van der Waals surface area contributed by atoms with Crippen molar-refractivity contribution in [1.82, 2.24) is 10.6 Å². The molecule has 0 aliphatic rings. The fraction of sp³-hybridized carbons (Fsp3) is 0.273. The van der Waals surface area contributed by atoms with E-state index < -0.39 is 0 Å². The van der Waals surface area contributed by atoms with Crippen molar-refractivity contribution >= 4 is 40.1 Å². The van der Waals surface area contributed by atoms with Gasteiger partial charge in [0.25, 0.3) is 0 Å². The summed E-state index contributed by atoms with van der Waals surface area (Å²) in [5, 5.41) is 7.93. The van der Waals surface area contributed by atoms with Gasteiger partial charge in [-0.15, -0.1) is 0 Å². The molecule has 17 heavy (non-hydrogen) atoms. The van der Waals surface area contributed by atoms with Gasteiger partial charge in [0.15, 0.2) is 0 Å². The number of benzene rings is 1. The summed E-state index contributed by atoms with van der Waals surface area (Å²) in [6.45, 7) is 0.246. The number of hydrogen-bond acceptors (Lipinski definition) is 3. The molecule has 1 aromatic rings. The van der Waals surface area contributed by atoms with Crippen molar-refractivity contribution in [3.63, 3.8) is 0 Å². The number of carbonyl (C=O) groups excluding carboxylic acids is 2. The molecule has 0 aromatic heterocycles. The topological polar surface area (TPSA) is 70.2 Å². The van der Waals surface area contributed by atoms with Gasteiger partial charge in [0.1, 0.15) is 0 Å². The van der Waals surface area contributed by atoms with Crippen LogP contribution in [0.15, 0.2) is 24.3 Å². The highest BCUT2D eigenvalue weighted by Gasteiger charge is 2.03. The monoisotopic (exact) mass is 347 g/mol. The molecule has 6 heteroatoms. The quantitative estimate of drug-likeness (QED) is 0.682. The molecular formula is C11H14IN3O2. The van der Waals surface area contributed by atoms with Crippen molar-refractivity contribution in [3.05, 3.63) is 27.8 Å². The Balaban J connectivity index is 2.30. The summed E-state index contributed by atoms with van der Waals surface area (Å²) in [5.74, 6) is -0.317. The lowest BCUT2D eigenvalue weighted by Gasteiger charge is -2.06. The van der Waals surface area contributed by atoms with Crippen LogP contribution in [0.3, 0.4) is 0 Å². The molecule has 0 aliphatic heterocycles. The number of halogens is 1. The largest absolute Gasteiger partial charge is 0.358 e. The average molecular weight is 347 g/mol. The van der Waals surface area contributed by atoms with Crippen LogP contribution >= 0.6 is 22.6 Å². The molecule has 92 valence electrons. The molecule has 1 aromatic carbocycles. The van der Waals surface area contributed by atoms with Gasteiger partial charge in [-0.1, -0.05) is 0 Å². The van der Waals surface area contributed by atoms with E-state index in [1.807, 2.05) is 24.3 Å². The smallest absolute Gasteiger partial charge is 0.238 e. The lowest BCUT2D eigenvalue weighted by atomic mass is 10.3. The first kappa shape index (κ1) is 13.9. The van der Waals surface area contributed by atoms with Gasteiger partial charge in [0.05, 0.1) is 13.1 Å². The number of anilines is 1. The minimum atomic E-state index is -0.171. The zero-order valence-electron chi connectivity index (χ0n) is 9.42. The van der Waals surface area contributed by atoms with E-state index in [0.29, 0.717) is 0 Å². The Labute approximate surface area is 113 Å². The molecule has 0 fully saturated rings. The van der Waals surface area contributed by atoms with Crippen LogP contribution in [0.2, 0.25) is 0 Å². The van der Waals surface area contributed by atoms with E-state index in [-0.39, 0.29) is 24.9 Å². The Morgan fingerprint density at radius 1 is 1.12 bits per heavy atom. The van der Waals surface area contributed by atoms with Crippen LogP contribution in [0, 0.1) is 3.57 Å². The fourth-order valence-electron chi connectivity index (χ4n) is 1.12. The van der Waals surface area contributed by atoms with E-state index in [9.17, 15) is 9.59 Å².